The van der Waals surface area contributed by atoms with Crippen LogP contribution in [-0.2, 0) is 30.6 Å². The Hall–Kier alpha value is -1.32. The van der Waals surface area contributed by atoms with E-state index in [0.29, 0.717) is 0 Å². The molecule has 0 atom stereocenters. The van der Waals surface area contributed by atoms with Crippen molar-refractivity contribution in [2.24, 2.45) is 5.73 Å². The highest BCUT2D eigenvalue weighted by Gasteiger charge is 2.15. The van der Waals surface area contributed by atoms with E-state index in [0.717, 1.165) is 37.8 Å². The molecule has 0 aromatic carbocycles. The molecule has 4 nitrogen and oxygen atoms in total. The third kappa shape index (κ3) is 3.32. The average Bonchev–Trinajstić information content (AvgIpc) is 2.56. The van der Waals surface area contributed by atoms with Gasteiger partial charge in [-0.1, -0.05) is 33.6 Å². The third-order valence-corrected chi connectivity index (χ3v) is 2.88. The number of amides is 1. The fourth-order valence-electron chi connectivity index (χ4n) is 2.23. The van der Waals surface area contributed by atoms with Crippen molar-refractivity contribution in [3.63, 3.8) is 0 Å². The summed E-state index contributed by atoms with van der Waals surface area (Å²) in [4.78, 5) is 11.1. The second-order valence-electron chi connectivity index (χ2n) is 4.35. The van der Waals surface area contributed by atoms with E-state index in [4.69, 9.17) is 5.73 Å². The Morgan fingerprint density at radius 2 is 1.88 bits per heavy atom. The van der Waals surface area contributed by atoms with Crippen LogP contribution in [0.25, 0.3) is 0 Å². The normalized spacial score (nSPS) is 10.8. The van der Waals surface area contributed by atoms with Crippen LogP contribution >= 0.6 is 0 Å². The number of hydrogen-bond acceptors (Lipinski definition) is 2. The molecule has 0 aliphatic heterocycles. The van der Waals surface area contributed by atoms with E-state index in [9.17, 15) is 4.79 Å². The summed E-state index contributed by atoms with van der Waals surface area (Å²) in [5.74, 6) is -0.324. The maximum atomic E-state index is 11.1. The fourth-order valence-corrected chi connectivity index (χ4v) is 2.23. The molecule has 1 amide bonds. The van der Waals surface area contributed by atoms with Gasteiger partial charge in [-0.05, 0) is 24.8 Å². The first-order valence-electron chi connectivity index (χ1n) is 6.49. The second kappa shape index (κ2) is 6.42. The highest BCUT2D eigenvalue weighted by atomic mass is 16.1. The molecule has 2 N–H and O–H groups in total. The molecule has 0 aliphatic rings. The first kappa shape index (κ1) is 13.7. The summed E-state index contributed by atoms with van der Waals surface area (Å²) in [6.07, 6.45) is 5.05. The Bertz CT molecular complexity index is 382. The molecule has 1 aromatic rings. The summed E-state index contributed by atoms with van der Waals surface area (Å²) in [6, 6.07) is 0. The smallest absolute Gasteiger partial charge is 0.239 e. The minimum Gasteiger partial charge on any atom is -0.368 e. The summed E-state index contributed by atoms with van der Waals surface area (Å²) in [5.41, 5.74) is 8.91. The maximum absolute atomic E-state index is 11.1. The van der Waals surface area contributed by atoms with Crippen LogP contribution in [0, 0.1) is 0 Å². The number of primary amides is 1. The Balaban J connectivity index is 3.12. The molecule has 0 saturated carbocycles. The quantitative estimate of drug-likeness (QED) is 0.786. The van der Waals surface area contributed by atoms with Gasteiger partial charge in [0.25, 0.3) is 0 Å². The van der Waals surface area contributed by atoms with E-state index < -0.39 is 0 Å². The number of carbonyl (C=O) groups is 1. The molecular formula is C13H23N3O. The van der Waals surface area contributed by atoms with Gasteiger partial charge < -0.3 is 5.73 Å². The van der Waals surface area contributed by atoms with Crippen LogP contribution in [0.3, 0.4) is 0 Å². The zero-order valence-electron chi connectivity index (χ0n) is 11.1. The Morgan fingerprint density at radius 3 is 2.35 bits per heavy atom. The van der Waals surface area contributed by atoms with Crippen LogP contribution in [-0.4, -0.2) is 15.7 Å². The Morgan fingerprint density at radius 1 is 1.24 bits per heavy atom. The summed E-state index contributed by atoms with van der Waals surface area (Å²) in [5, 5.41) is 4.55. The van der Waals surface area contributed by atoms with Gasteiger partial charge in [0.1, 0.15) is 6.54 Å². The highest BCUT2D eigenvalue weighted by Crippen LogP contribution is 2.18. The van der Waals surface area contributed by atoms with Gasteiger partial charge >= 0.3 is 0 Å². The average molecular weight is 237 g/mol. The van der Waals surface area contributed by atoms with Gasteiger partial charge in [0, 0.05) is 5.69 Å². The number of aromatic nitrogens is 2. The standard InChI is InChI=1S/C13H23N3O/c1-4-7-11-10(6-3)12(8-5-2)16(15-11)9-13(14)17/h4-9H2,1-3H3,(H2,14,17). The molecule has 0 radical (unpaired) electrons. The van der Waals surface area contributed by atoms with Gasteiger partial charge in [-0.25, -0.2) is 0 Å². The molecule has 4 heteroatoms. The molecule has 17 heavy (non-hydrogen) atoms. The van der Waals surface area contributed by atoms with E-state index in [1.807, 2.05) is 0 Å². The van der Waals surface area contributed by atoms with Crippen molar-refractivity contribution in [2.45, 2.75) is 59.4 Å². The maximum Gasteiger partial charge on any atom is 0.239 e. The number of hydrogen-bond donors (Lipinski definition) is 1. The highest BCUT2D eigenvalue weighted by molar-refractivity contribution is 5.73. The van der Waals surface area contributed by atoms with Crippen molar-refractivity contribution in [3.05, 3.63) is 17.0 Å². The van der Waals surface area contributed by atoms with E-state index in [1.54, 1.807) is 4.68 Å². The van der Waals surface area contributed by atoms with Crippen LogP contribution in [0.15, 0.2) is 0 Å². The zero-order valence-corrected chi connectivity index (χ0v) is 11.1. The van der Waals surface area contributed by atoms with E-state index in [-0.39, 0.29) is 12.5 Å². The first-order chi connectivity index (χ1) is 8.13. The second-order valence-corrected chi connectivity index (χ2v) is 4.35. The van der Waals surface area contributed by atoms with Crippen LogP contribution in [0.1, 0.15) is 50.6 Å². The van der Waals surface area contributed by atoms with E-state index in [2.05, 4.69) is 25.9 Å². The molecule has 0 bridgehead atoms. The molecule has 0 aliphatic carbocycles. The molecule has 1 heterocycles. The number of nitrogens with two attached hydrogens (primary N) is 1. The molecule has 0 spiro atoms. The van der Waals surface area contributed by atoms with Gasteiger partial charge in [0.2, 0.25) is 5.91 Å². The van der Waals surface area contributed by atoms with Crippen LogP contribution in [0.4, 0.5) is 0 Å². The van der Waals surface area contributed by atoms with Gasteiger partial charge in [0.15, 0.2) is 0 Å². The third-order valence-electron chi connectivity index (χ3n) is 2.88. The minimum atomic E-state index is -0.324. The van der Waals surface area contributed by atoms with Gasteiger partial charge in [-0.3, -0.25) is 9.48 Å². The monoisotopic (exact) mass is 237 g/mol. The SMILES string of the molecule is CCCc1nn(CC(N)=O)c(CCC)c1CC. The number of rotatable bonds is 7. The van der Waals surface area contributed by atoms with Gasteiger partial charge in [-0.15, -0.1) is 0 Å². The van der Waals surface area contributed by atoms with Crippen LogP contribution < -0.4 is 5.73 Å². The van der Waals surface area contributed by atoms with Crippen molar-refractivity contribution in [3.8, 4) is 0 Å². The largest absolute Gasteiger partial charge is 0.368 e. The lowest BCUT2D eigenvalue weighted by Gasteiger charge is -2.06. The molecular weight excluding hydrogens is 214 g/mol. The van der Waals surface area contributed by atoms with Crippen molar-refractivity contribution < 1.29 is 4.79 Å². The molecule has 0 saturated heterocycles. The molecule has 0 unspecified atom stereocenters. The predicted molar refractivity (Wildman–Crippen MR) is 68.8 cm³/mol. The predicted octanol–water partition coefficient (Wildman–Crippen LogP) is 1.84. The van der Waals surface area contributed by atoms with Gasteiger partial charge in [0.05, 0.1) is 5.69 Å². The topological polar surface area (TPSA) is 60.9 Å². The number of carbonyl (C=O) groups excluding carboxylic acids is 1. The summed E-state index contributed by atoms with van der Waals surface area (Å²) in [6.45, 7) is 6.63. The van der Waals surface area contributed by atoms with Crippen molar-refractivity contribution in [1.29, 1.82) is 0 Å². The minimum absolute atomic E-state index is 0.200. The Labute approximate surface area is 103 Å². The fraction of sp³-hybridized carbons (Fsp3) is 0.692. The first-order valence-corrected chi connectivity index (χ1v) is 6.49. The lowest BCUT2D eigenvalue weighted by Crippen LogP contribution is -2.21. The van der Waals surface area contributed by atoms with Crippen LogP contribution in [0.5, 0.6) is 0 Å². The molecule has 1 rings (SSSR count). The van der Waals surface area contributed by atoms with Crippen molar-refractivity contribution in [2.75, 3.05) is 0 Å². The molecule has 1 aromatic heterocycles. The number of nitrogens with zero attached hydrogens (tertiary/aromatic N) is 2. The van der Waals surface area contributed by atoms with E-state index >= 15 is 0 Å². The summed E-state index contributed by atoms with van der Waals surface area (Å²) >= 11 is 0. The Kier molecular flexibility index (Phi) is 5.19. The molecule has 0 fully saturated rings. The van der Waals surface area contributed by atoms with Crippen molar-refractivity contribution in [1.82, 2.24) is 9.78 Å². The van der Waals surface area contributed by atoms with E-state index in [1.165, 1.54) is 11.3 Å². The van der Waals surface area contributed by atoms with Crippen LogP contribution in [0.2, 0.25) is 0 Å². The lowest BCUT2D eigenvalue weighted by atomic mass is 10.0. The summed E-state index contributed by atoms with van der Waals surface area (Å²) in [7, 11) is 0. The lowest BCUT2D eigenvalue weighted by molar-refractivity contribution is -0.118. The number of aryl methyl sites for hydroxylation is 1. The molecule has 96 valence electrons. The van der Waals surface area contributed by atoms with Crippen molar-refractivity contribution >= 4 is 5.91 Å². The van der Waals surface area contributed by atoms with Gasteiger partial charge in [-0.2, -0.15) is 5.10 Å². The zero-order chi connectivity index (χ0) is 12.8. The summed E-state index contributed by atoms with van der Waals surface area (Å²) < 4.78 is 1.80.